The number of hydrogen-bond donors (Lipinski definition) is 1. The van der Waals surface area contributed by atoms with E-state index in [4.69, 9.17) is 4.74 Å². The third-order valence-electron chi connectivity index (χ3n) is 6.47. The summed E-state index contributed by atoms with van der Waals surface area (Å²) in [6, 6.07) is 6.96. The quantitative estimate of drug-likeness (QED) is 0.709. The molecule has 2 heterocycles. The van der Waals surface area contributed by atoms with Crippen LogP contribution in [0.5, 0.6) is 0 Å². The molecule has 2 fully saturated rings. The number of nitrogens with one attached hydrogen (secondary N) is 1. The van der Waals surface area contributed by atoms with Crippen LogP contribution in [0.2, 0.25) is 0 Å². The number of likely N-dealkylation sites (tertiary alicyclic amines) is 1. The fourth-order valence-electron chi connectivity index (χ4n) is 4.57. The van der Waals surface area contributed by atoms with Crippen LogP contribution in [0.25, 0.3) is 0 Å². The van der Waals surface area contributed by atoms with Crippen molar-refractivity contribution in [2.75, 3.05) is 19.7 Å². The zero-order valence-corrected chi connectivity index (χ0v) is 18.6. The van der Waals surface area contributed by atoms with Crippen molar-refractivity contribution in [2.45, 2.75) is 56.4 Å². The summed E-state index contributed by atoms with van der Waals surface area (Å²) in [5.41, 5.74) is 0.609. The minimum absolute atomic E-state index is 0.178. The fourth-order valence-corrected chi connectivity index (χ4v) is 5.80. The van der Waals surface area contributed by atoms with Gasteiger partial charge in [0.25, 0.3) is 15.9 Å². The lowest BCUT2D eigenvalue weighted by molar-refractivity contribution is -0.154. The van der Waals surface area contributed by atoms with Gasteiger partial charge in [0, 0.05) is 24.7 Å². The molecular formula is C22H29N3O5S. The Labute approximate surface area is 183 Å². The topological polar surface area (TPSA) is 105 Å². The van der Waals surface area contributed by atoms with Gasteiger partial charge in [-0.25, -0.2) is 0 Å². The molecule has 0 unspecified atom stereocenters. The summed E-state index contributed by atoms with van der Waals surface area (Å²) < 4.78 is 33.7. The van der Waals surface area contributed by atoms with Gasteiger partial charge in [0.05, 0.1) is 5.92 Å². The number of sulfonamides is 1. The van der Waals surface area contributed by atoms with E-state index in [1.54, 1.807) is 24.3 Å². The zero-order valence-electron chi connectivity index (χ0n) is 17.7. The number of nitrogens with zero attached hydrogens (tertiary/aromatic N) is 2. The maximum absolute atomic E-state index is 12.4. The van der Waals surface area contributed by atoms with Crippen LogP contribution in [-0.2, 0) is 24.3 Å². The molecule has 4 rings (SSSR count). The number of carbonyl (C=O) groups is 2. The molecule has 0 spiro atoms. The van der Waals surface area contributed by atoms with E-state index >= 15 is 0 Å². The predicted octanol–water partition coefficient (Wildman–Crippen LogP) is 2.09. The van der Waals surface area contributed by atoms with E-state index in [9.17, 15) is 18.0 Å². The number of benzene rings is 1. The average molecular weight is 448 g/mol. The lowest BCUT2D eigenvalue weighted by Crippen LogP contribution is -2.42. The van der Waals surface area contributed by atoms with Crippen molar-refractivity contribution >= 4 is 27.7 Å². The second kappa shape index (κ2) is 8.98. The van der Waals surface area contributed by atoms with Gasteiger partial charge in [0.2, 0.25) is 0 Å². The molecule has 168 valence electrons. The van der Waals surface area contributed by atoms with Gasteiger partial charge in [-0.15, -0.1) is 4.40 Å². The van der Waals surface area contributed by atoms with Gasteiger partial charge in [-0.3, -0.25) is 9.59 Å². The lowest BCUT2D eigenvalue weighted by atomic mass is 9.87. The normalized spacial score (nSPS) is 25.5. The van der Waals surface area contributed by atoms with Gasteiger partial charge in [-0.05, 0) is 56.6 Å². The summed E-state index contributed by atoms with van der Waals surface area (Å²) in [6.45, 7) is 3.00. The maximum atomic E-state index is 12.4. The van der Waals surface area contributed by atoms with E-state index in [1.807, 2.05) is 4.90 Å². The van der Waals surface area contributed by atoms with Crippen LogP contribution < -0.4 is 5.32 Å². The van der Waals surface area contributed by atoms with Crippen LogP contribution in [0, 0.1) is 11.8 Å². The molecule has 1 aromatic rings. The molecule has 0 aromatic heterocycles. The van der Waals surface area contributed by atoms with Crippen molar-refractivity contribution in [3.8, 4) is 0 Å². The zero-order chi connectivity index (χ0) is 22.0. The molecule has 9 heteroatoms. The number of esters is 1. The summed E-state index contributed by atoms with van der Waals surface area (Å²) >= 11 is 0. The second-order valence-corrected chi connectivity index (χ2v) is 10.4. The first-order valence-electron chi connectivity index (χ1n) is 11.0. The van der Waals surface area contributed by atoms with E-state index in [-0.39, 0.29) is 35.3 Å². The summed E-state index contributed by atoms with van der Waals surface area (Å²) in [6.07, 6.45) is 5.23. The molecule has 0 radical (unpaired) electrons. The van der Waals surface area contributed by atoms with Gasteiger partial charge < -0.3 is 15.0 Å². The summed E-state index contributed by atoms with van der Waals surface area (Å²) in [4.78, 5) is 26.7. The van der Waals surface area contributed by atoms with Gasteiger partial charge in [-0.2, -0.15) is 8.42 Å². The van der Waals surface area contributed by atoms with Crippen LogP contribution in [0.3, 0.4) is 0 Å². The van der Waals surface area contributed by atoms with Crippen LogP contribution in [-0.4, -0.2) is 56.8 Å². The largest absolute Gasteiger partial charge is 0.455 e. The van der Waals surface area contributed by atoms with Gasteiger partial charge in [0.1, 0.15) is 4.90 Å². The molecule has 2 aliphatic heterocycles. The van der Waals surface area contributed by atoms with Crippen molar-refractivity contribution < 1.29 is 22.7 Å². The molecule has 1 amide bonds. The minimum atomic E-state index is -3.66. The first kappa shape index (κ1) is 21.8. The van der Waals surface area contributed by atoms with Gasteiger partial charge in [0.15, 0.2) is 12.4 Å². The third kappa shape index (κ3) is 4.92. The molecule has 1 saturated carbocycles. The number of piperidine rings is 1. The first-order chi connectivity index (χ1) is 14.8. The average Bonchev–Trinajstić information content (AvgIpc) is 3.05. The van der Waals surface area contributed by atoms with E-state index in [0.717, 1.165) is 25.7 Å². The number of amidine groups is 1. The van der Waals surface area contributed by atoms with Crippen molar-refractivity contribution in [2.24, 2.45) is 16.2 Å². The van der Waals surface area contributed by atoms with Crippen LogP contribution in [0.15, 0.2) is 33.6 Å². The Hall–Kier alpha value is -2.42. The standard InChI is InChI=1S/C22H29N3O5S/c1-15-6-8-17(9-7-15)23-20(26)14-30-22(27)16-10-12-25(13-11-16)21-18-4-2-3-5-19(18)31(28,29)24-21/h2-5,15-17H,6-14H2,1H3,(H,23,26). The van der Waals surface area contributed by atoms with E-state index in [1.165, 1.54) is 0 Å². The van der Waals surface area contributed by atoms with E-state index in [0.29, 0.717) is 43.2 Å². The Balaban J connectivity index is 1.25. The second-order valence-electron chi connectivity index (χ2n) is 8.78. The minimum Gasteiger partial charge on any atom is -0.455 e. The first-order valence-corrected chi connectivity index (χ1v) is 12.4. The Morgan fingerprint density at radius 1 is 1.10 bits per heavy atom. The monoisotopic (exact) mass is 447 g/mol. The SMILES string of the molecule is CC1CCC(NC(=O)COC(=O)C2CCN(C3=NS(=O)(=O)c4ccccc43)CC2)CC1. The van der Waals surface area contributed by atoms with Crippen LogP contribution in [0.4, 0.5) is 0 Å². The Kier molecular flexibility index (Phi) is 6.31. The Morgan fingerprint density at radius 3 is 2.48 bits per heavy atom. The highest BCUT2D eigenvalue weighted by molar-refractivity contribution is 7.90. The van der Waals surface area contributed by atoms with Crippen molar-refractivity contribution in [3.63, 3.8) is 0 Å². The van der Waals surface area contributed by atoms with E-state index in [2.05, 4.69) is 16.6 Å². The molecule has 0 bridgehead atoms. The number of carbonyl (C=O) groups excluding carboxylic acids is 2. The number of fused-ring (bicyclic) bond motifs is 1. The Morgan fingerprint density at radius 2 is 1.77 bits per heavy atom. The Bertz CT molecular complexity index is 975. The van der Waals surface area contributed by atoms with E-state index < -0.39 is 10.0 Å². The molecule has 3 aliphatic rings. The molecule has 1 saturated heterocycles. The van der Waals surface area contributed by atoms with Gasteiger partial charge in [-0.1, -0.05) is 19.1 Å². The number of ether oxygens (including phenoxy) is 1. The fraction of sp³-hybridized carbons (Fsp3) is 0.591. The summed E-state index contributed by atoms with van der Waals surface area (Å²) in [5.74, 6) is 0.249. The molecule has 0 atom stereocenters. The smallest absolute Gasteiger partial charge is 0.309 e. The highest BCUT2D eigenvalue weighted by Gasteiger charge is 2.35. The lowest BCUT2D eigenvalue weighted by Gasteiger charge is -2.32. The molecule has 1 N–H and O–H groups in total. The number of amides is 1. The summed E-state index contributed by atoms with van der Waals surface area (Å²) in [5, 5.41) is 2.96. The highest BCUT2D eigenvalue weighted by atomic mass is 32.2. The van der Waals surface area contributed by atoms with Crippen LogP contribution >= 0.6 is 0 Å². The third-order valence-corrected chi connectivity index (χ3v) is 7.79. The number of hydrogen-bond acceptors (Lipinski definition) is 6. The molecule has 8 nitrogen and oxygen atoms in total. The highest BCUT2D eigenvalue weighted by Crippen LogP contribution is 2.30. The molecule has 1 aromatic carbocycles. The molecular weight excluding hydrogens is 418 g/mol. The number of rotatable bonds is 4. The molecule has 31 heavy (non-hydrogen) atoms. The summed E-state index contributed by atoms with van der Waals surface area (Å²) in [7, 11) is -3.66. The van der Waals surface area contributed by atoms with Crippen molar-refractivity contribution in [3.05, 3.63) is 29.8 Å². The van der Waals surface area contributed by atoms with Crippen LogP contribution in [0.1, 0.15) is 51.0 Å². The molecule has 1 aliphatic carbocycles. The van der Waals surface area contributed by atoms with Crippen molar-refractivity contribution in [1.82, 2.24) is 10.2 Å². The maximum Gasteiger partial charge on any atom is 0.309 e. The van der Waals surface area contributed by atoms with Gasteiger partial charge >= 0.3 is 5.97 Å². The van der Waals surface area contributed by atoms with Crippen molar-refractivity contribution in [1.29, 1.82) is 0 Å². The predicted molar refractivity (Wildman–Crippen MR) is 115 cm³/mol.